The smallest absolute Gasteiger partial charge is 0.120 e. The highest BCUT2D eigenvalue weighted by atomic mass is 15.2. The van der Waals surface area contributed by atoms with Crippen LogP contribution >= 0.6 is 0 Å². The van der Waals surface area contributed by atoms with E-state index < -0.39 is 0 Å². The van der Waals surface area contributed by atoms with Gasteiger partial charge in [0.15, 0.2) is 0 Å². The Bertz CT molecular complexity index is 631. The van der Waals surface area contributed by atoms with Gasteiger partial charge in [-0.25, -0.2) is 4.98 Å². The van der Waals surface area contributed by atoms with Crippen molar-refractivity contribution in [2.75, 3.05) is 6.54 Å². The molecule has 110 valence electrons. The minimum atomic E-state index is 0.674. The maximum absolute atomic E-state index is 4.49. The van der Waals surface area contributed by atoms with E-state index in [1.807, 2.05) is 6.20 Å². The van der Waals surface area contributed by atoms with Crippen LogP contribution in [0.4, 0.5) is 0 Å². The Morgan fingerprint density at radius 1 is 1.19 bits per heavy atom. The number of fused-ring (bicyclic) bond motifs is 2. The summed E-state index contributed by atoms with van der Waals surface area (Å²) in [6.45, 7) is 4.27. The second kappa shape index (κ2) is 5.30. The van der Waals surface area contributed by atoms with E-state index in [4.69, 9.17) is 0 Å². The summed E-state index contributed by atoms with van der Waals surface area (Å²) >= 11 is 0. The van der Waals surface area contributed by atoms with Crippen molar-refractivity contribution < 1.29 is 0 Å². The average molecular weight is 281 g/mol. The molecule has 0 saturated carbocycles. The van der Waals surface area contributed by atoms with E-state index in [1.165, 1.54) is 32.2 Å². The highest BCUT2D eigenvalue weighted by molar-refractivity contribution is 5.29. The first kappa shape index (κ1) is 13.1. The summed E-state index contributed by atoms with van der Waals surface area (Å²) in [5.74, 6) is 1.92. The van der Waals surface area contributed by atoms with Crippen LogP contribution in [-0.2, 0) is 19.4 Å². The molecule has 0 amide bonds. The first-order valence-corrected chi connectivity index (χ1v) is 8.09. The molecule has 1 aromatic heterocycles. The molecular formula is C18H23N3. The molecule has 0 radical (unpaired) electrons. The zero-order chi connectivity index (χ0) is 14.2. The van der Waals surface area contributed by atoms with E-state index >= 15 is 0 Å². The summed E-state index contributed by atoms with van der Waals surface area (Å²) in [4.78, 5) is 10.5. The van der Waals surface area contributed by atoms with Crippen LogP contribution < -0.4 is 0 Å². The summed E-state index contributed by atoms with van der Waals surface area (Å²) < 4.78 is 0. The van der Waals surface area contributed by atoms with Crippen molar-refractivity contribution in [2.45, 2.75) is 45.2 Å². The van der Waals surface area contributed by atoms with Gasteiger partial charge < -0.3 is 4.98 Å². The first-order valence-electron chi connectivity index (χ1n) is 8.09. The Hall–Kier alpha value is -1.61. The number of benzene rings is 1. The van der Waals surface area contributed by atoms with Crippen LogP contribution in [0.15, 0.2) is 30.5 Å². The van der Waals surface area contributed by atoms with Crippen molar-refractivity contribution in [3.05, 3.63) is 53.1 Å². The molecule has 2 aliphatic heterocycles. The topological polar surface area (TPSA) is 31.9 Å². The lowest BCUT2D eigenvalue weighted by atomic mass is 9.80. The maximum atomic E-state index is 4.49. The Kier molecular flexibility index (Phi) is 3.30. The number of nitrogens with zero attached hydrogens (tertiary/aromatic N) is 2. The van der Waals surface area contributed by atoms with E-state index in [0.717, 1.165) is 24.0 Å². The monoisotopic (exact) mass is 281 g/mol. The summed E-state index contributed by atoms with van der Waals surface area (Å²) in [6, 6.07) is 9.71. The van der Waals surface area contributed by atoms with Crippen molar-refractivity contribution in [1.82, 2.24) is 14.9 Å². The van der Waals surface area contributed by atoms with E-state index in [-0.39, 0.29) is 0 Å². The van der Waals surface area contributed by atoms with Gasteiger partial charge in [-0.05, 0) is 49.7 Å². The van der Waals surface area contributed by atoms with Crippen LogP contribution in [0.25, 0.3) is 0 Å². The Morgan fingerprint density at radius 3 is 2.76 bits per heavy atom. The number of rotatable bonds is 2. The second-order valence-electron chi connectivity index (χ2n) is 6.72. The highest BCUT2D eigenvalue weighted by Gasteiger charge is 2.32. The zero-order valence-corrected chi connectivity index (χ0v) is 12.7. The molecule has 3 aliphatic rings. The third kappa shape index (κ3) is 2.62. The third-order valence-electron chi connectivity index (χ3n) is 5.11. The molecule has 3 heteroatoms. The molecule has 21 heavy (non-hydrogen) atoms. The standard InChI is InChI=1S/C18H23N3/c1-13-10-19-18(20-13)12-21-11-14-6-7-17(21)9-16-5-3-2-4-15(16)8-14/h2-5,10,14,17H,6-9,11-12H2,1H3,(H,19,20)/t14-,17+/m0/s1. The van der Waals surface area contributed by atoms with Crippen LogP contribution in [0.5, 0.6) is 0 Å². The fraction of sp³-hybridized carbons (Fsp3) is 0.500. The van der Waals surface area contributed by atoms with Gasteiger partial charge >= 0.3 is 0 Å². The Labute approximate surface area is 126 Å². The lowest BCUT2D eigenvalue weighted by molar-refractivity contribution is 0.0914. The van der Waals surface area contributed by atoms with Gasteiger partial charge in [0.05, 0.1) is 6.54 Å². The number of aryl methyl sites for hydroxylation is 1. The molecule has 5 rings (SSSR count). The largest absolute Gasteiger partial charge is 0.345 e. The maximum Gasteiger partial charge on any atom is 0.120 e. The van der Waals surface area contributed by atoms with E-state index in [9.17, 15) is 0 Å². The van der Waals surface area contributed by atoms with Gasteiger partial charge in [0.25, 0.3) is 0 Å². The fourth-order valence-electron chi connectivity index (χ4n) is 4.03. The van der Waals surface area contributed by atoms with Crippen molar-refractivity contribution in [2.24, 2.45) is 5.92 Å². The van der Waals surface area contributed by atoms with Crippen LogP contribution in [0.3, 0.4) is 0 Å². The number of nitrogens with one attached hydrogen (secondary N) is 1. The van der Waals surface area contributed by atoms with Crippen molar-refractivity contribution in [3.63, 3.8) is 0 Å². The fourth-order valence-corrected chi connectivity index (χ4v) is 4.03. The van der Waals surface area contributed by atoms with Gasteiger partial charge in [-0.15, -0.1) is 0 Å². The molecule has 3 nitrogen and oxygen atoms in total. The molecule has 1 aromatic carbocycles. The van der Waals surface area contributed by atoms with Crippen molar-refractivity contribution >= 4 is 0 Å². The molecule has 1 fully saturated rings. The predicted octanol–water partition coefficient (Wildman–Crippen LogP) is 3.10. The number of aromatic nitrogens is 2. The Morgan fingerprint density at radius 2 is 2.00 bits per heavy atom. The minimum absolute atomic E-state index is 0.674. The third-order valence-corrected chi connectivity index (χ3v) is 5.11. The van der Waals surface area contributed by atoms with Crippen LogP contribution in [0.2, 0.25) is 0 Å². The molecular weight excluding hydrogens is 258 g/mol. The summed E-state index contributed by atoms with van der Waals surface area (Å²) in [5, 5.41) is 0. The molecule has 1 aliphatic carbocycles. The van der Waals surface area contributed by atoms with Gasteiger partial charge in [-0.2, -0.15) is 0 Å². The van der Waals surface area contributed by atoms with E-state index in [2.05, 4.69) is 46.1 Å². The predicted molar refractivity (Wildman–Crippen MR) is 84.1 cm³/mol. The number of hydrogen-bond acceptors (Lipinski definition) is 2. The van der Waals surface area contributed by atoms with Gasteiger partial charge in [-0.1, -0.05) is 24.3 Å². The molecule has 3 heterocycles. The molecule has 2 bridgehead atoms. The number of H-pyrrole nitrogens is 1. The van der Waals surface area contributed by atoms with Crippen molar-refractivity contribution in [3.8, 4) is 0 Å². The Balaban J connectivity index is 1.58. The van der Waals surface area contributed by atoms with Crippen LogP contribution in [0, 0.1) is 12.8 Å². The van der Waals surface area contributed by atoms with Gasteiger partial charge in [-0.3, -0.25) is 4.90 Å². The number of piperidine rings is 1. The summed E-state index contributed by atoms with van der Waals surface area (Å²) in [6.07, 6.45) is 7.09. The van der Waals surface area contributed by atoms with E-state index in [1.54, 1.807) is 11.1 Å². The number of aromatic amines is 1. The second-order valence-corrected chi connectivity index (χ2v) is 6.72. The van der Waals surface area contributed by atoms with Crippen LogP contribution in [-0.4, -0.2) is 27.5 Å². The van der Waals surface area contributed by atoms with Crippen LogP contribution in [0.1, 0.15) is 35.5 Å². The zero-order valence-electron chi connectivity index (χ0n) is 12.7. The summed E-state index contributed by atoms with van der Waals surface area (Å²) in [7, 11) is 0. The molecule has 0 spiro atoms. The van der Waals surface area contributed by atoms with Gasteiger partial charge in [0, 0.05) is 24.5 Å². The molecule has 1 saturated heterocycles. The van der Waals surface area contributed by atoms with Gasteiger partial charge in [0.2, 0.25) is 0 Å². The van der Waals surface area contributed by atoms with Gasteiger partial charge in [0.1, 0.15) is 5.82 Å². The quantitative estimate of drug-likeness (QED) is 0.917. The van der Waals surface area contributed by atoms with E-state index in [0.29, 0.717) is 6.04 Å². The normalized spacial score (nSPS) is 25.4. The lowest BCUT2D eigenvalue weighted by Crippen LogP contribution is -2.46. The highest BCUT2D eigenvalue weighted by Crippen LogP contribution is 2.32. The lowest BCUT2D eigenvalue weighted by Gasteiger charge is -2.42. The molecule has 2 atom stereocenters. The molecule has 0 unspecified atom stereocenters. The number of imidazole rings is 1. The first-order chi connectivity index (χ1) is 10.3. The van der Waals surface area contributed by atoms with Crippen molar-refractivity contribution in [1.29, 1.82) is 0 Å². The SMILES string of the molecule is Cc1cnc(CN2C[C@H]3CC[C@@H]2Cc2ccccc2C3)[nH]1. The number of hydrogen-bond donors (Lipinski definition) is 1. The molecule has 1 N–H and O–H groups in total. The average Bonchev–Trinajstić information content (AvgIpc) is 2.85. The molecule has 2 aromatic rings. The summed E-state index contributed by atoms with van der Waals surface area (Å²) in [5.41, 5.74) is 4.31. The minimum Gasteiger partial charge on any atom is -0.345 e.